The molecule has 3 saturated carbocycles. The Labute approximate surface area is 174 Å². The molecule has 0 aromatic heterocycles. The fraction of sp³-hybridized carbons (Fsp3) is 0.923. The second-order valence-corrected chi connectivity index (χ2v) is 11.8. The van der Waals surface area contributed by atoms with E-state index in [4.69, 9.17) is 0 Å². The fourth-order valence-corrected chi connectivity index (χ4v) is 8.11. The van der Waals surface area contributed by atoms with E-state index >= 15 is 0 Å². The molecule has 4 aliphatic rings. The Hall–Kier alpha value is -0.340. The normalized spacial score (nSPS) is 46.5. The smallest absolute Gasteiger partial charge is 0.0577 e. The molecule has 0 aromatic carbocycles. The molecule has 8 unspecified atom stereocenters. The minimum atomic E-state index is -0.104. The summed E-state index contributed by atoms with van der Waals surface area (Å²) in [6, 6.07) is 0. The van der Waals surface area contributed by atoms with E-state index < -0.39 is 0 Å². The van der Waals surface area contributed by atoms with Gasteiger partial charge in [-0.25, -0.2) is 0 Å². The Morgan fingerprint density at radius 2 is 1.86 bits per heavy atom. The minimum absolute atomic E-state index is 0. The first-order valence-electron chi connectivity index (χ1n) is 12.3. The molecule has 0 radical (unpaired) electrons. The van der Waals surface area contributed by atoms with E-state index in [1.54, 1.807) is 5.57 Å². The van der Waals surface area contributed by atoms with Crippen molar-refractivity contribution in [3.05, 3.63) is 11.6 Å². The monoisotopic (exact) mass is 390 g/mol. The number of rotatable bonds is 5. The molecule has 162 valence electrons. The van der Waals surface area contributed by atoms with Gasteiger partial charge in [-0.05, 0) is 111 Å². The van der Waals surface area contributed by atoms with Gasteiger partial charge < -0.3 is 10.2 Å². The Morgan fingerprint density at radius 1 is 1.07 bits per heavy atom. The zero-order chi connectivity index (χ0) is 20.1. The Balaban J connectivity index is 0.00000240. The van der Waals surface area contributed by atoms with Gasteiger partial charge >= 0.3 is 0 Å². The van der Waals surface area contributed by atoms with Crippen molar-refractivity contribution in [2.75, 3.05) is 0 Å². The van der Waals surface area contributed by atoms with Crippen molar-refractivity contribution in [2.24, 2.45) is 40.4 Å². The van der Waals surface area contributed by atoms with Gasteiger partial charge in [0.15, 0.2) is 0 Å². The van der Waals surface area contributed by atoms with Crippen LogP contribution in [0.2, 0.25) is 0 Å². The summed E-state index contributed by atoms with van der Waals surface area (Å²) in [4.78, 5) is 0. The van der Waals surface area contributed by atoms with Crippen LogP contribution in [0.5, 0.6) is 0 Å². The summed E-state index contributed by atoms with van der Waals surface area (Å²) in [6.45, 7) is 9.62. The maximum absolute atomic E-state index is 10.7. The number of allylic oxidation sites excluding steroid dienone is 1. The van der Waals surface area contributed by atoms with Crippen molar-refractivity contribution in [2.45, 2.75) is 111 Å². The SMILES string of the molecule is CC(C)CCC(O)CC1CCC2C3CC=C4CC(O)CCC4(C)C3CCC12C.[HH]. The molecule has 2 nitrogen and oxygen atoms in total. The van der Waals surface area contributed by atoms with Crippen LogP contribution < -0.4 is 0 Å². The van der Waals surface area contributed by atoms with E-state index in [1.807, 2.05) is 0 Å². The number of aliphatic hydroxyl groups excluding tert-OH is 2. The third kappa shape index (κ3) is 3.51. The van der Waals surface area contributed by atoms with Crippen molar-refractivity contribution in [1.82, 2.24) is 0 Å². The minimum Gasteiger partial charge on any atom is -0.393 e. The fourth-order valence-electron chi connectivity index (χ4n) is 8.11. The van der Waals surface area contributed by atoms with Crippen molar-refractivity contribution < 1.29 is 11.6 Å². The van der Waals surface area contributed by atoms with Crippen LogP contribution in [0, 0.1) is 40.4 Å². The van der Waals surface area contributed by atoms with Crippen molar-refractivity contribution in [3.63, 3.8) is 0 Å². The highest BCUT2D eigenvalue weighted by molar-refractivity contribution is 5.25. The lowest BCUT2D eigenvalue weighted by Gasteiger charge is -2.58. The van der Waals surface area contributed by atoms with E-state index in [0.717, 1.165) is 49.9 Å². The molecule has 0 saturated heterocycles. The lowest BCUT2D eigenvalue weighted by Crippen LogP contribution is -2.50. The molecule has 8 atom stereocenters. The van der Waals surface area contributed by atoms with E-state index in [0.29, 0.717) is 22.7 Å². The van der Waals surface area contributed by atoms with Crippen LogP contribution >= 0.6 is 0 Å². The van der Waals surface area contributed by atoms with Gasteiger partial charge in [0.05, 0.1) is 12.2 Å². The average molecular weight is 391 g/mol. The summed E-state index contributed by atoms with van der Waals surface area (Å²) in [5.74, 6) is 3.90. The van der Waals surface area contributed by atoms with Crippen LogP contribution in [0.3, 0.4) is 0 Å². The molecule has 0 aromatic rings. The maximum atomic E-state index is 10.7. The van der Waals surface area contributed by atoms with Gasteiger partial charge in [0.1, 0.15) is 0 Å². The van der Waals surface area contributed by atoms with Gasteiger partial charge in [-0.2, -0.15) is 0 Å². The largest absolute Gasteiger partial charge is 0.393 e. The lowest BCUT2D eigenvalue weighted by molar-refractivity contribution is -0.0557. The van der Waals surface area contributed by atoms with Crippen LogP contribution in [-0.2, 0) is 0 Å². The van der Waals surface area contributed by atoms with Gasteiger partial charge in [-0.1, -0.05) is 39.3 Å². The predicted octanol–water partition coefficient (Wildman–Crippen LogP) is 6.36. The second kappa shape index (κ2) is 7.73. The third-order valence-corrected chi connectivity index (χ3v) is 9.91. The number of aliphatic hydroxyl groups is 2. The lowest BCUT2D eigenvalue weighted by atomic mass is 9.47. The summed E-state index contributed by atoms with van der Waals surface area (Å²) >= 11 is 0. The number of fused-ring (bicyclic) bond motifs is 5. The standard InChI is InChI=1S/C26H44O2.H2/c1-17(2)5-8-20(27)15-19-7-10-23-22-9-6-18-16-21(28)11-13-25(18,3)24(22)12-14-26(19,23)4;/h6,17,19-24,27-28H,5,7-16H2,1-4H3;1H. The molecule has 4 aliphatic carbocycles. The third-order valence-electron chi connectivity index (χ3n) is 9.91. The Kier molecular flexibility index (Phi) is 5.77. The van der Waals surface area contributed by atoms with Gasteiger partial charge in [0, 0.05) is 1.43 Å². The molecular weight excluding hydrogens is 344 g/mol. The second-order valence-electron chi connectivity index (χ2n) is 11.8. The summed E-state index contributed by atoms with van der Waals surface area (Å²) in [5, 5.41) is 20.9. The topological polar surface area (TPSA) is 40.5 Å². The predicted molar refractivity (Wildman–Crippen MR) is 118 cm³/mol. The van der Waals surface area contributed by atoms with Gasteiger partial charge in [-0.15, -0.1) is 0 Å². The van der Waals surface area contributed by atoms with Crippen LogP contribution in [0.1, 0.15) is 99.8 Å². The molecule has 0 aliphatic heterocycles. The molecule has 2 heteroatoms. The van der Waals surface area contributed by atoms with Crippen LogP contribution in [0.25, 0.3) is 0 Å². The van der Waals surface area contributed by atoms with Gasteiger partial charge in [0.25, 0.3) is 0 Å². The highest BCUT2D eigenvalue weighted by Crippen LogP contribution is 2.66. The molecule has 3 fully saturated rings. The summed E-state index contributed by atoms with van der Waals surface area (Å²) in [5.41, 5.74) is 2.36. The van der Waals surface area contributed by atoms with E-state index in [-0.39, 0.29) is 13.6 Å². The highest BCUT2D eigenvalue weighted by atomic mass is 16.3. The highest BCUT2D eigenvalue weighted by Gasteiger charge is 2.58. The first-order valence-corrected chi connectivity index (χ1v) is 12.3. The molecule has 0 bridgehead atoms. The van der Waals surface area contributed by atoms with Crippen molar-refractivity contribution >= 4 is 0 Å². The zero-order valence-corrected chi connectivity index (χ0v) is 18.8. The van der Waals surface area contributed by atoms with Gasteiger partial charge in [-0.3, -0.25) is 0 Å². The molecule has 0 spiro atoms. The maximum Gasteiger partial charge on any atom is 0.0577 e. The summed E-state index contributed by atoms with van der Waals surface area (Å²) in [6.07, 6.45) is 15.3. The van der Waals surface area contributed by atoms with Gasteiger partial charge in [0.2, 0.25) is 0 Å². The molecule has 2 N–H and O–H groups in total. The van der Waals surface area contributed by atoms with Crippen LogP contribution in [-0.4, -0.2) is 22.4 Å². The Morgan fingerprint density at radius 3 is 2.61 bits per heavy atom. The average Bonchev–Trinajstić information content (AvgIpc) is 2.97. The molecule has 0 amide bonds. The summed E-state index contributed by atoms with van der Waals surface area (Å²) < 4.78 is 0. The first kappa shape index (κ1) is 20.9. The van der Waals surface area contributed by atoms with Crippen LogP contribution in [0.4, 0.5) is 0 Å². The van der Waals surface area contributed by atoms with Crippen LogP contribution in [0.15, 0.2) is 11.6 Å². The van der Waals surface area contributed by atoms with E-state index in [1.165, 1.54) is 38.5 Å². The molecular formula is C26H46O2. The van der Waals surface area contributed by atoms with Crippen molar-refractivity contribution in [1.29, 1.82) is 0 Å². The summed E-state index contributed by atoms with van der Waals surface area (Å²) in [7, 11) is 0. The number of hydrogen-bond donors (Lipinski definition) is 2. The molecule has 4 rings (SSSR count). The molecule has 0 heterocycles. The molecule has 28 heavy (non-hydrogen) atoms. The zero-order valence-electron chi connectivity index (χ0n) is 18.8. The Bertz CT molecular complexity index is 602. The van der Waals surface area contributed by atoms with Crippen molar-refractivity contribution in [3.8, 4) is 0 Å². The van der Waals surface area contributed by atoms with E-state index in [2.05, 4.69) is 33.8 Å². The first-order chi connectivity index (χ1) is 13.2. The number of hydrogen-bond acceptors (Lipinski definition) is 2. The van der Waals surface area contributed by atoms with E-state index in [9.17, 15) is 10.2 Å². The quantitative estimate of drug-likeness (QED) is 0.536.